The average Bonchev–Trinajstić information content (AvgIpc) is 2.20. The number of thiol groups is 1. The van der Waals surface area contributed by atoms with Gasteiger partial charge in [0.05, 0.1) is 7.11 Å². The second kappa shape index (κ2) is 5.80. The van der Waals surface area contributed by atoms with Crippen molar-refractivity contribution in [1.82, 2.24) is 5.32 Å². The molecule has 0 aliphatic heterocycles. The van der Waals surface area contributed by atoms with Crippen LogP contribution in [0.4, 0.5) is 4.79 Å². The highest BCUT2D eigenvalue weighted by molar-refractivity contribution is 7.96. The van der Waals surface area contributed by atoms with Gasteiger partial charge in [0.25, 0.3) is 5.24 Å². The molecule has 3 nitrogen and oxygen atoms in total. The van der Waals surface area contributed by atoms with Gasteiger partial charge in [-0.3, -0.25) is 4.79 Å². The molecule has 0 radical (unpaired) electrons. The minimum absolute atomic E-state index is 0.302. The summed E-state index contributed by atoms with van der Waals surface area (Å²) in [6, 6.07) is 4.12. The van der Waals surface area contributed by atoms with Gasteiger partial charge in [0, 0.05) is 6.54 Å². The Labute approximate surface area is 102 Å². The molecule has 1 aromatic carbocycles. The lowest BCUT2D eigenvalue weighted by Crippen LogP contribution is -2.20. The number of carbonyl (C=O) groups is 1. The molecular weight excluding hydrogens is 222 g/mol. The fourth-order valence-corrected chi connectivity index (χ4v) is 1.87. The summed E-state index contributed by atoms with van der Waals surface area (Å²) < 4.78 is 5.33. The molecule has 0 saturated carbocycles. The summed E-state index contributed by atoms with van der Waals surface area (Å²) in [4.78, 5) is 10.6. The second-order valence-electron chi connectivity index (χ2n) is 3.74. The van der Waals surface area contributed by atoms with Crippen LogP contribution in [0.2, 0.25) is 0 Å². The quantitative estimate of drug-likeness (QED) is 0.792. The van der Waals surface area contributed by atoms with Crippen LogP contribution in [0.5, 0.6) is 5.75 Å². The number of carbonyl (C=O) groups excluding carboxylic acids is 1. The van der Waals surface area contributed by atoms with Crippen LogP contribution in [0, 0.1) is 13.8 Å². The maximum absolute atomic E-state index is 10.6. The molecule has 0 aromatic heterocycles. The normalized spacial score (nSPS) is 10.0. The van der Waals surface area contributed by atoms with Crippen LogP contribution >= 0.6 is 12.6 Å². The third-order valence-electron chi connectivity index (χ3n) is 2.45. The van der Waals surface area contributed by atoms with E-state index in [1.54, 1.807) is 7.11 Å². The zero-order valence-corrected chi connectivity index (χ0v) is 10.7. The van der Waals surface area contributed by atoms with E-state index in [4.69, 9.17) is 4.74 Å². The highest BCUT2D eigenvalue weighted by Crippen LogP contribution is 2.24. The van der Waals surface area contributed by atoms with Crippen LogP contribution in [-0.4, -0.2) is 18.9 Å². The molecule has 1 N–H and O–H groups in total. The molecule has 88 valence electrons. The molecule has 0 saturated heterocycles. The molecule has 4 heteroatoms. The van der Waals surface area contributed by atoms with Gasteiger partial charge in [0.2, 0.25) is 0 Å². The van der Waals surface area contributed by atoms with Crippen molar-refractivity contribution in [3.05, 3.63) is 28.8 Å². The van der Waals surface area contributed by atoms with E-state index in [1.807, 2.05) is 19.9 Å². The standard InChI is InChI=1S/C12H17NO2S/c1-8-6-9(2)10(11(7-8)15-3)4-5-13-12(14)16/h6-7H,4-5H2,1-3H3,(H2,13,14,16). The summed E-state index contributed by atoms with van der Waals surface area (Å²) in [6.45, 7) is 4.66. The van der Waals surface area contributed by atoms with Gasteiger partial charge in [-0.25, -0.2) is 0 Å². The van der Waals surface area contributed by atoms with E-state index < -0.39 is 0 Å². The summed E-state index contributed by atoms with van der Waals surface area (Å²) >= 11 is 3.65. The predicted molar refractivity (Wildman–Crippen MR) is 68.6 cm³/mol. The fourth-order valence-electron chi connectivity index (χ4n) is 1.76. The van der Waals surface area contributed by atoms with Crippen molar-refractivity contribution in [1.29, 1.82) is 0 Å². The van der Waals surface area contributed by atoms with Gasteiger partial charge in [0.15, 0.2) is 0 Å². The molecule has 0 fully saturated rings. The van der Waals surface area contributed by atoms with Crippen molar-refractivity contribution in [3.8, 4) is 5.75 Å². The Bertz CT molecular complexity index is 391. The van der Waals surface area contributed by atoms with Crippen LogP contribution in [-0.2, 0) is 6.42 Å². The lowest BCUT2D eigenvalue weighted by Gasteiger charge is -2.13. The lowest BCUT2D eigenvalue weighted by molar-refractivity contribution is 0.261. The van der Waals surface area contributed by atoms with E-state index in [9.17, 15) is 4.79 Å². The van der Waals surface area contributed by atoms with E-state index in [0.29, 0.717) is 6.54 Å². The topological polar surface area (TPSA) is 38.3 Å². The van der Waals surface area contributed by atoms with Gasteiger partial charge in [-0.2, -0.15) is 0 Å². The van der Waals surface area contributed by atoms with Crippen molar-refractivity contribution in [2.45, 2.75) is 20.3 Å². The van der Waals surface area contributed by atoms with Gasteiger partial charge in [-0.1, -0.05) is 18.7 Å². The monoisotopic (exact) mass is 239 g/mol. The zero-order chi connectivity index (χ0) is 12.1. The van der Waals surface area contributed by atoms with E-state index in [2.05, 4.69) is 24.0 Å². The minimum Gasteiger partial charge on any atom is -0.496 e. The molecule has 1 amide bonds. The number of aryl methyl sites for hydroxylation is 2. The van der Waals surface area contributed by atoms with Gasteiger partial charge in [-0.15, -0.1) is 0 Å². The van der Waals surface area contributed by atoms with Crippen LogP contribution < -0.4 is 10.1 Å². The number of benzene rings is 1. The molecule has 0 spiro atoms. The number of nitrogens with one attached hydrogen (secondary N) is 1. The first-order valence-electron chi connectivity index (χ1n) is 5.15. The summed E-state index contributed by atoms with van der Waals surface area (Å²) in [5, 5.41) is 2.35. The Hall–Kier alpha value is -1.16. The Morgan fingerprint density at radius 3 is 2.69 bits per heavy atom. The van der Waals surface area contributed by atoms with Crippen molar-refractivity contribution in [2.24, 2.45) is 0 Å². The fraction of sp³-hybridized carbons (Fsp3) is 0.417. The van der Waals surface area contributed by atoms with E-state index in [-0.39, 0.29) is 5.24 Å². The van der Waals surface area contributed by atoms with Gasteiger partial charge in [-0.05, 0) is 43.0 Å². The molecule has 1 aromatic rings. The molecule has 1 rings (SSSR count). The molecule has 0 aliphatic rings. The van der Waals surface area contributed by atoms with Crippen LogP contribution in [0.3, 0.4) is 0 Å². The third-order valence-corrected chi connectivity index (χ3v) is 2.61. The SMILES string of the molecule is COc1cc(C)cc(C)c1CCNC(=O)S. The van der Waals surface area contributed by atoms with Crippen molar-refractivity contribution in [2.75, 3.05) is 13.7 Å². The number of rotatable bonds is 4. The first-order valence-corrected chi connectivity index (χ1v) is 5.60. The van der Waals surface area contributed by atoms with Crippen LogP contribution in [0.25, 0.3) is 0 Å². The number of hydrogen-bond donors (Lipinski definition) is 2. The molecule has 0 unspecified atom stereocenters. The van der Waals surface area contributed by atoms with E-state index in [1.165, 1.54) is 11.1 Å². The lowest BCUT2D eigenvalue weighted by atomic mass is 10.0. The Kier molecular flexibility index (Phi) is 4.68. The van der Waals surface area contributed by atoms with Crippen LogP contribution in [0.15, 0.2) is 12.1 Å². The number of amides is 1. The second-order valence-corrected chi connectivity index (χ2v) is 4.15. The summed E-state index contributed by atoms with van der Waals surface area (Å²) in [5.41, 5.74) is 3.50. The highest BCUT2D eigenvalue weighted by Gasteiger charge is 2.07. The number of methoxy groups -OCH3 is 1. The largest absolute Gasteiger partial charge is 0.496 e. The summed E-state index contributed by atoms with van der Waals surface area (Å²) in [7, 11) is 1.66. The number of ether oxygens (including phenoxy) is 1. The zero-order valence-electron chi connectivity index (χ0n) is 9.83. The maximum atomic E-state index is 10.6. The molecule has 16 heavy (non-hydrogen) atoms. The molecule has 0 heterocycles. The van der Waals surface area contributed by atoms with Gasteiger partial charge >= 0.3 is 0 Å². The smallest absolute Gasteiger partial charge is 0.275 e. The molecular formula is C12H17NO2S. The van der Waals surface area contributed by atoms with Crippen LogP contribution in [0.1, 0.15) is 16.7 Å². The van der Waals surface area contributed by atoms with Crippen molar-refractivity contribution >= 4 is 17.9 Å². The van der Waals surface area contributed by atoms with E-state index in [0.717, 1.165) is 17.7 Å². The Morgan fingerprint density at radius 1 is 1.44 bits per heavy atom. The third kappa shape index (κ3) is 3.45. The summed E-state index contributed by atoms with van der Waals surface area (Å²) in [6.07, 6.45) is 0.752. The maximum Gasteiger partial charge on any atom is 0.275 e. The first kappa shape index (κ1) is 12.9. The molecule has 0 atom stereocenters. The first-order chi connectivity index (χ1) is 7.54. The van der Waals surface area contributed by atoms with Gasteiger partial charge in [0.1, 0.15) is 5.75 Å². The molecule has 0 aliphatic carbocycles. The van der Waals surface area contributed by atoms with Gasteiger partial charge < -0.3 is 10.1 Å². The Morgan fingerprint density at radius 2 is 2.12 bits per heavy atom. The summed E-state index contributed by atoms with van der Waals surface area (Å²) in [5.74, 6) is 0.880. The minimum atomic E-state index is -0.302. The highest BCUT2D eigenvalue weighted by atomic mass is 32.1. The van der Waals surface area contributed by atoms with Crippen molar-refractivity contribution in [3.63, 3.8) is 0 Å². The molecule has 0 bridgehead atoms. The van der Waals surface area contributed by atoms with E-state index >= 15 is 0 Å². The van der Waals surface area contributed by atoms with Crippen molar-refractivity contribution < 1.29 is 9.53 Å². The predicted octanol–water partition coefficient (Wildman–Crippen LogP) is 2.49. The Balaban J connectivity index is 2.81. The average molecular weight is 239 g/mol. The number of hydrogen-bond acceptors (Lipinski definition) is 2.